The van der Waals surface area contributed by atoms with E-state index in [4.69, 9.17) is 0 Å². The van der Waals surface area contributed by atoms with Gasteiger partial charge in [0.05, 0.1) is 16.7 Å². The first-order valence-corrected chi connectivity index (χ1v) is 7.17. The predicted octanol–water partition coefficient (Wildman–Crippen LogP) is 2.57. The molecule has 0 aliphatic carbocycles. The van der Waals surface area contributed by atoms with Crippen LogP contribution in [0.3, 0.4) is 0 Å². The van der Waals surface area contributed by atoms with Gasteiger partial charge in [0.1, 0.15) is 17.7 Å². The Morgan fingerprint density at radius 2 is 1.83 bits per heavy atom. The first-order chi connectivity index (χ1) is 11.4. The van der Waals surface area contributed by atoms with Gasteiger partial charge in [-0.25, -0.2) is 13.6 Å². The molecule has 24 heavy (non-hydrogen) atoms. The molecule has 2 aromatic carbocycles. The highest BCUT2D eigenvalue weighted by Gasteiger charge is 2.15. The molecule has 0 spiro atoms. The Morgan fingerprint density at radius 1 is 1.08 bits per heavy atom. The highest BCUT2D eigenvalue weighted by atomic mass is 19.1. The molecule has 1 amide bonds. The minimum atomic E-state index is -0.845. The monoisotopic (exact) mass is 332 g/mol. The van der Waals surface area contributed by atoms with E-state index in [9.17, 15) is 18.4 Å². The number of fused-ring (bicyclic) bond motifs is 1. The van der Waals surface area contributed by atoms with Crippen molar-refractivity contribution in [2.75, 3.05) is 10.6 Å². The molecule has 1 aromatic heterocycles. The van der Waals surface area contributed by atoms with Crippen molar-refractivity contribution >= 4 is 28.3 Å². The number of aromatic amines is 2. The molecule has 8 heteroatoms. The van der Waals surface area contributed by atoms with E-state index in [1.54, 1.807) is 25.1 Å². The van der Waals surface area contributed by atoms with Gasteiger partial charge >= 0.3 is 5.69 Å². The molecule has 0 unspecified atom stereocenters. The van der Waals surface area contributed by atoms with Gasteiger partial charge in [-0.2, -0.15) is 0 Å². The molecule has 124 valence electrons. The van der Waals surface area contributed by atoms with Crippen LogP contribution in [0.5, 0.6) is 0 Å². The summed E-state index contributed by atoms with van der Waals surface area (Å²) in [4.78, 5) is 28.6. The molecular weight excluding hydrogens is 318 g/mol. The number of hydrogen-bond donors (Lipinski definition) is 4. The summed E-state index contributed by atoms with van der Waals surface area (Å²) in [6, 6.07) is 7.31. The predicted molar refractivity (Wildman–Crippen MR) is 87.0 cm³/mol. The molecule has 0 fully saturated rings. The summed E-state index contributed by atoms with van der Waals surface area (Å²) in [7, 11) is 0. The van der Waals surface area contributed by atoms with Crippen molar-refractivity contribution in [2.45, 2.75) is 13.0 Å². The number of rotatable bonds is 4. The van der Waals surface area contributed by atoms with Crippen LogP contribution in [0, 0.1) is 11.6 Å². The molecule has 0 aliphatic rings. The van der Waals surface area contributed by atoms with E-state index in [1.165, 1.54) is 0 Å². The zero-order valence-corrected chi connectivity index (χ0v) is 12.6. The summed E-state index contributed by atoms with van der Waals surface area (Å²) in [6.45, 7) is 1.60. The summed E-state index contributed by atoms with van der Waals surface area (Å²) in [5.74, 6) is -2.05. The third kappa shape index (κ3) is 3.27. The highest BCUT2D eigenvalue weighted by Crippen LogP contribution is 2.17. The van der Waals surface area contributed by atoms with Gasteiger partial charge in [-0.05, 0) is 37.3 Å². The normalized spacial score (nSPS) is 12.1. The minimum Gasteiger partial charge on any atom is -0.374 e. The quantitative estimate of drug-likeness (QED) is 0.592. The molecule has 4 N–H and O–H groups in total. The van der Waals surface area contributed by atoms with Crippen molar-refractivity contribution in [1.29, 1.82) is 0 Å². The van der Waals surface area contributed by atoms with E-state index < -0.39 is 23.6 Å². The third-order valence-electron chi connectivity index (χ3n) is 3.48. The lowest BCUT2D eigenvalue weighted by Crippen LogP contribution is -2.32. The topological polar surface area (TPSA) is 89.8 Å². The lowest BCUT2D eigenvalue weighted by molar-refractivity contribution is -0.116. The summed E-state index contributed by atoms with van der Waals surface area (Å²) in [5, 5.41) is 5.34. The molecule has 3 aromatic rings. The van der Waals surface area contributed by atoms with Crippen LogP contribution in [0.2, 0.25) is 0 Å². The number of halogens is 2. The Hall–Kier alpha value is -3.16. The average Bonchev–Trinajstić information content (AvgIpc) is 2.89. The van der Waals surface area contributed by atoms with E-state index in [0.717, 1.165) is 12.1 Å². The molecule has 3 rings (SSSR count). The number of nitrogens with one attached hydrogen (secondary N) is 4. The SMILES string of the molecule is C[C@H](Nc1ccc2[nH]c(=O)[nH]c2c1)C(=O)Nc1ccc(F)cc1F. The maximum Gasteiger partial charge on any atom is 0.323 e. The summed E-state index contributed by atoms with van der Waals surface area (Å²) in [6.07, 6.45) is 0. The smallest absolute Gasteiger partial charge is 0.323 e. The standard InChI is InChI=1S/C16H14F2N4O2/c1-8(15(23)20-12-4-2-9(17)6-11(12)18)19-10-3-5-13-14(7-10)22-16(24)21-13/h2-8,19H,1H3,(H,20,23)(H2,21,22,24)/t8-/m0/s1. The number of carbonyl (C=O) groups excluding carboxylic acids is 1. The van der Waals surface area contributed by atoms with E-state index in [-0.39, 0.29) is 11.4 Å². The molecule has 0 bridgehead atoms. The molecule has 0 radical (unpaired) electrons. The molecule has 0 saturated carbocycles. The number of amides is 1. The van der Waals surface area contributed by atoms with Crippen molar-refractivity contribution in [3.63, 3.8) is 0 Å². The number of H-pyrrole nitrogens is 2. The second-order valence-corrected chi connectivity index (χ2v) is 5.32. The van der Waals surface area contributed by atoms with Crippen LogP contribution in [0.25, 0.3) is 11.0 Å². The first kappa shape index (κ1) is 15.7. The van der Waals surface area contributed by atoms with E-state index >= 15 is 0 Å². The van der Waals surface area contributed by atoms with Crippen LogP contribution in [0.4, 0.5) is 20.2 Å². The Labute approximate surface area is 134 Å². The second-order valence-electron chi connectivity index (χ2n) is 5.32. The fourth-order valence-corrected chi connectivity index (χ4v) is 2.27. The van der Waals surface area contributed by atoms with Crippen molar-refractivity contribution in [3.8, 4) is 0 Å². The fourth-order valence-electron chi connectivity index (χ4n) is 2.27. The number of anilines is 2. The maximum absolute atomic E-state index is 13.6. The number of benzene rings is 2. The summed E-state index contributed by atoms with van der Waals surface area (Å²) < 4.78 is 26.4. The van der Waals surface area contributed by atoms with Gasteiger partial charge < -0.3 is 20.6 Å². The van der Waals surface area contributed by atoms with E-state index in [0.29, 0.717) is 22.8 Å². The minimum absolute atomic E-state index is 0.0968. The molecule has 1 atom stereocenters. The van der Waals surface area contributed by atoms with Gasteiger partial charge in [0, 0.05) is 11.8 Å². The van der Waals surface area contributed by atoms with Crippen LogP contribution in [0.1, 0.15) is 6.92 Å². The van der Waals surface area contributed by atoms with Gasteiger partial charge in [0.2, 0.25) is 5.91 Å². The Kier molecular flexibility index (Phi) is 4.03. The molecule has 0 saturated heterocycles. The number of aromatic nitrogens is 2. The van der Waals surface area contributed by atoms with E-state index in [1.807, 2.05) is 0 Å². The van der Waals surface area contributed by atoms with Crippen LogP contribution < -0.4 is 16.3 Å². The van der Waals surface area contributed by atoms with Crippen LogP contribution in [-0.4, -0.2) is 21.9 Å². The number of imidazole rings is 1. The zero-order valence-electron chi connectivity index (χ0n) is 12.6. The number of carbonyl (C=O) groups is 1. The van der Waals surface area contributed by atoms with Gasteiger partial charge in [-0.15, -0.1) is 0 Å². The maximum atomic E-state index is 13.6. The van der Waals surface area contributed by atoms with Gasteiger partial charge in [-0.3, -0.25) is 4.79 Å². The van der Waals surface area contributed by atoms with Crippen molar-refractivity contribution < 1.29 is 13.6 Å². The highest BCUT2D eigenvalue weighted by molar-refractivity contribution is 5.96. The van der Waals surface area contributed by atoms with Crippen molar-refractivity contribution in [1.82, 2.24) is 9.97 Å². The third-order valence-corrected chi connectivity index (χ3v) is 3.48. The molecule has 1 heterocycles. The summed E-state index contributed by atoms with van der Waals surface area (Å²) >= 11 is 0. The lowest BCUT2D eigenvalue weighted by Gasteiger charge is -2.15. The van der Waals surface area contributed by atoms with Gasteiger partial charge in [0.25, 0.3) is 0 Å². The Bertz CT molecular complexity index is 964. The summed E-state index contributed by atoms with van der Waals surface area (Å²) in [5.41, 5.74) is 1.44. The fraction of sp³-hybridized carbons (Fsp3) is 0.125. The van der Waals surface area contributed by atoms with Crippen LogP contribution >= 0.6 is 0 Å². The van der Waals surface area contributed by atoms with Gasteiger partial charge in [0.15, 0.2) is 0 Å². The lowest BCUT2D eigenvalue weighted by atomic mass is 10.2. The number of hydrogen-bond acceptors (Lipinski definition) is 3. The van der Waals surface area contributed by atoms with Crippen LogP contribution in [0.15, 0.2) is 41.2 Å². The average molecular weight is 332 g/mol. The first-order valence-electron chi connectivity index (χ1n) is 7.17. The molecular formula is C16H14F2N4O2. The Morgan fingerprint density at radius 3 is 2.58 bits per heavy atom. The molecule has 6 nitrogen and oxygen atoms in total. The van der Waals surface area contributed by atoms with Crippen LogP contribution in [-0.2, 0) is 4.79 Å². The molecule has 0 aliphatic heterocycles. The Balaban J connectivity index is 1.71. The zero-order chi connectivity index (χ0) is 17.3. The van der Waals surface area contributed by atoms with Gasteiger partial charge in [-0.1, -0.05) is 0 Å². The van der Waals surface area contributed by atoms with Crippen molar-refractivity contribution in [3.05, 3.63) is 58.5 Å². The van der Waals surface area contributed by atoms with Crippen molar-refractivity contribution in [2.24, 2.45) is 0 Å². The largest absolute Gasteiger partial charge is 0.374 e. The second kappa shape index (κ2) is 6.15. The van der Waals surface area contributed by atoms with E-state index in [2.05, 4.69) is 20.6 Å².